The molecular weight excluding hydrogens is 383 g/mol. The minimum atomic E-state index is -1.22. The molecular formula is C20H13FN2O4S. The van der Waals surface area contributed by atoms with Gasteiger partial charge in [-0.2, -0.15) is 5.26 Å². The maximum absolute atomic E-state index is 13.1. The predicted octanol–water partition coefficient (Wildman–Crippen LogP) is 4.14. The van der Waals surface area contributed by atoms with Gasteiger partial charge in [-0.25, -0.2) is 9.18 Å². The van der Waals surface area contributed by atoms with Crippen molar-refractivity contribution in [2.75, 3.05) is 11.9 Å². The second-order valence-electron chi connectivity index (χ2n) is 5.61. The van der Waals surface area contributed by atoms with E-state index in [1.807, 2.05) is 6.07 Å². The maximum atomic E-state index is 13.1. The molecule has 0 saturated carbocycles. The summed E-state index contributed by atoms with van der Waals surface area (Å²) in [7, 11) is 0. The first-order chi connectivity index (χ1) is 13.5. The number of hydrogen-bond donors (Lipinski definition) is 2. The van der Waals surface area contributed by atoms with Gasteiger partial charge in [0.1, 0.15) is 28.2 Å². The van der Waals surface area contributed by atoms with Crippen LogP contribution in [0.1, 0.15) is 15.9 Å². The van der Waals surface area contributed by atoms with E-state index in [4.69, 9.17) is 10.00 Å². The number of aromatic carboxylic acids is 1. The molecule has 1 amide bonds. The quantitative estimate of drug-likeness (QED) is 0.652. The highest BCUT2D eigenvalue weighted by Gasteiger charge is 2.21. The summed E-state index contributed by atoms with van der Waals surface area (Å²) in [5.74, 6) is -1.95. The van der Waals surface area contributed by atoms with Gasteiger partial charge >= 0.3 is 5.97 Å². The second kappa shape index (κ2) is 8.33. The van der Waals surface area contributed by atoms with E-state index < -0.39 is 17.7 Å². The Morgan fingerprint density at radius 1 is 1.18 bits per heavy atom. The lowest BCUT2D eigenvalue weighted by Gasteiger charge is -2.08. The highest BCUT2D eigenvalue weighted by Crippen LogP contribution is 2.35. The Morgan fingerprint density at radius 2 is 1.89 bits per heavy atom. The number of amides is 1. The van der Waals surface area contributed by atoms with Crippen LogP contribution in [-0.4, -0.2) is 23.6 Å². The van der Waals surface area contributed by atoms with Crippen LogP contribution in [0.5, 0.6) is 5.75 Å². The van der Waals surface area contributed by atoms with E-state index in [-0.39, 0.29) is 28.5 Å². The van der Waals surface area contributed by atoms with E-state index in [0.29, 0.717) is 11.1 Å². The monoisotopic (exact) mass is 396 g/mol. The summed E-state index contributed by atoms with van der Waals surface area (Å²) in [4.78, 5) is 23.9. The molecule has 0 radical (unpaired) electrons. The number of nitrogens with zero attached hydrogens (tertiary/aromatic N) is 1. The van der Waals surface area contributed by atoms with Gasteiger partial charge in [0.15, 0.2) is 6.61 Å². The van der Waals surface area contributed by atoms with Crippen LogP contribution in [-0.2, 0) is 4.79 Å². The van der Waals surface area contributed by atoms with Crippen molar-refractivity contribution >= 4 is 28.2 Å². The van der Waals surface area contributed by atoms with Crippen LogP contribution in [0.3, 0.4) is 0 Å². The normalized spacial score (nSPS) is 10.1. The van der Waals surface area contributed by atoms with Gasteiger partial charge in [0.2, 0.25) is 0 Å². The van der Waals surface area contributed by atoms with Crippen LogP contribution in [0.4, 0.5) is 9.39 Å². The standard InChI is InChI=1S/C20H13FN2O4S/c21-14-7-5-12(6-8-14)15-11-28-19(18(15)20(25)26)23-17(24)10-27-16-4-2-1-3-13(16)9-22/h1-8,11H,10H2,(H,23,24)(H,25,26). The Balaban J connectivity index is 1.77. The number of rotatable bonds is 6. The molecule has 0 fully saturated rings. The third-order valence-corrected chi connectivity index (χ3v) is 4.67. The number of para-hydroxylation sites is 1. The first kappa shape index (κ1) is 19.1. The first-order valence-electron chi connectivity index (χ1n) is 8.02. The van der Waals surface area contributed by atoms with Crippen LogP contribution in [0, 0.1) is 17.1 Å². The number of nitrogens with one attached hydrogen (secondary N) is 1. The lowest BCUT2D eigenvalue weighted by Crippen LogP contribution is -2.21. The van der Waals surface area contributed by atoms with Gasteiger partial charge < -0.3 is 15.2 Å². The summed E-state index contributed by atoms with van der Waals surface area (Å²) in [5, 5.41) is 22.8. The Kier molecular flexibility index (Phi) is 5.67. The van der Waals surface area contributed by atoms with Gasteiger partial charge in [0.05, 0.1) is 5.56 Å². The molecule has 0 atom stereocenters. The molecule has 1 aromatic heterocycles. The van der Waals surface area contributed by atoms with E-state index in [0.717, 1.165) is 11.3 Å². The average Bonchev–Trinajstić information content (AvgIpc) is 3.11. The van der Waals surface area contributed by atoms with Crippen molar-refractivity contribution in [1.29, 1.82) is 5.26 Å². The number of halogens is 1. The number of carboxylic acid groups (broad SMARTS) is 1. The first-order valence-corrected chi connectivity index (χ1v) is 8.90. The summed E-state index contributed by atoms with van der Waals surface area (Å²) in [6.45, 7) is -0.387. The number of hydrogen-bond acceptors (Lipinski definition) is 5. The molecule has 140 valence electrons. The number of carboxylic acids is 1. The molecule has 2 N–H and O–H groups in total. The second-order valence-corrected chi connectivity index (χ2v) is 6.49. The van der Waals surface area contributed by atoms with Crippen LogP contribution in [0.15, 0.2) is 53.9 Å². The van der Waals surface area contributed by atoms with Crippen LogP contribution >= 0.6 is 11.3 Å². The number of benzene rings is 2. The number of anilines is 1. The Hall–Kier alpha value is -3.70. The van der Waals surface area contributed by atoms with E-state index in [9.17, 15) is 19.1 Å². The maximum Gasteiger partial charge on any atom is 0.339 e. The summed E-state index contributed by atoms with van der Waals surface area (Å²) >= 11 is 1.05. The summed E-state index contributed by atoms with van der Waals surface area (Å²) < 4.78 is 18.5. The minimum Gasteiger partial charge on any atom is -0.482 e. The van der Waals surface area contributed by atoms with E-state index in [1.54, 1.807) is 29.6 Å². The number of nitriles is 1. The fourth-order valence-corrected chi connectivity index (χ4v) is 3.47. The van der Waals surface area contributed by atoms with Crippen molar-refractivity contribution in [3.05, 3.63) is 70.9 Å². The summed E-state index contributed by atoms with van der Waals surface area (Å²) in [5.41, 5.74) is 1.11. The summed E-state index contributed by atoms with van der Waals surface area (Å²) in [6, 6.07) is 13.8. The van der Waals surface area contributed by atoms with Gasteiger partial charge in [-0.05, 0) is 29.8 Å². The molecule has 28 heavy (non-hydrogen) atoms. The molecule has 0 spiro atoms. The lowest BCUT2D eigenvalue weighted by atomic mass is 10.0. The predicted molar refractivity (Wildman–Crippen MR) is 102 cm³/mol. The highest BCUT2D eigenvalue weighted by molar-refractivity contribution is 7.15. The number of carbonyl (C=O) groups excluding carboxylic acids is 1. The zero-order chi connectivity index (χ0) is 20.1. The molecule has 0 aliphatic rings. The van der Waals surface area contributed by atoms with Gasteiger partial charge in [0, 0.05) is 10.9 Å². The van der Waals surface area contributed by atoms with Crippen molar-refractivity contribution in [3.8, 4) is 22.9 Å². The van der Waals surface area contributed by atoms with Crippen LogP contribution in [0.2, 0.25) is 0 Å². The smallest absolute Gasteiger partial charge is 0.339 e. The molecule has 8 heteroatoms. The van der Waals surface area contributed by atoms with Crippen molar-refractivity contribution in [3.63, 3.8) is 0 Å². The zero-order valence-corrected chi connectivity index (χ0v) is 15.1. The summed E-state index contributed by atoms with van der Waals surface area (Å²) in [6.07, 6.45) is 0. The van der Waals surface area contributed by atoms with Crippen molar-refractivity contribution < 1.29 is 23.8 Å². The molecule has 1 heterocycles. The fourth-order valence-electron chi connectivity index (χ4n) is 2.50. The number of carbonyl (C=O) groups is 2. The molecule has 0 unspecified atom stereocenters. The topological polar surface area (TPSA) is 99.4 Å². The third kappa shape index (κ3) is 4.16. The van der Waals surface area contributed by atoms with Gasteiger partial charge in [-0.3, -0.25) is 4.79 Å². The Bertz CT molecular complexity index is 1070. The van der Waals surface area contributed by atoms with Crippen LogP contribution < -0.4 is 10.1 Å². The van der Waals surface area contributed by atoms with Crippen molar-refractivity contribution in [2.24, 2.45) is 0 Å². The van der Waals surface area contributed by atoms with Crippen molar-refractivity contribution in [1.82, 2.24) is 0 Å². The molecule has 0 aliphatic carbocycles. The molecule has 0 bridgehead atoms. The minimum absolute atomic E-state index is 0.0811. The lowest BCUT2D eigenvalue weighted by molar-refractivity contribution is -0.118. The molecule has 2 aromatic carbocycles. The van der Waals surface area contributed by atoms with E-state index >= 15 is 0 Å². The average molecular weight is 396 g/mol. The molecule has 3 aromatic rings. The Labute approximate surface area is 163 Å². The molecule has 6 nitrogen and oxygen atoms in total. The number of ether oxygens (including phenoxy) is 1. The van der Waals surface area contributed by atoms with E-state index in [1.165, 1.54) is 24.3 Å². The van der Waals surface area contributed by atoms with Gasteiger partial charge in [0.25, 0.3) is 5.91 Å². The SMILES string of the molecule is N#Cc1ccccc1OCC(=O)Nc1scc(-c2ccc(F)cc2)c1C(=O)O. The molecule has 0 aliphatic heterocycles. The number of thiophene rings is 1. The zero-order valence-electron chi connectivity index (χ0n) is 14.3. The van der Waals surface area contributed by atoms with E-state index in [2.05, 4.69) is 5.32 Å². The third-order valence-electron chi connectivity index (χ3n) is 3.78. The van der Waals surface area contributed by atoms with Crippen molar-refractivity contribution in [2.45, 2.75) is 0 Å². The molecule has 0 saturated heterocycles. The van der Waals surface area contributed by atoms with Gasteiger partial charge in [-0.1, -0.05) is 24.3 Å². The largest absolute Gasteiger partial charge is 0.482 e. The molecule has 3 rings (SSSR count). The Morgan fingerprint density at radius 3 is 2.57 bits per heavy atom. The van der Waals surface area contributed by atoms with Crippen LogP contribution in [0.25, 0.3) is 11.1 Å². The fraction of sp³-hybridized carbons (Fsp3) is 0.0500. The van der Waals surface area contributed by atoms with Gasteiger partial charge in [-0.15, -0.1) is 11.3 Å². The highest BCUT2D eigenvalue weighted by atomic mass is 32.1.